The number of hydrogen-bond donors (Lipinski definition) is 1. The predicted octanol–water partition coefficient (Wildman–Crippen LogP) is 6.37. The van der Waals surface area contributed by atoms with Crippen molar-refractivity contribution in [1.29, 1.82) is 0 Å². The van der Waals surface area contributed by atoms with Gasteiger partial charge in [-0.25, -0.2) is 9.97 Å². The molecule has 4 atom stereocenters. The summed E-state index contributed by atoms with van der Waals surface area (Å²) in [6, 6.07) is 8.62. The third kappa shape index (κ3) is 7.25. The second-order valence-electron chi connectivity index (χ2n) is 14.9. The predicted molar refractivity (Wildman–Crippen MR) is 187 cm³/mol. The monoisotopic (exact) mass is 675 g/mol. The number of methoxy groups -OCH3 is 2. The van der Waals surface area contributed by atoms with Crippen molar-refractivity contribution in [1.82, 2.24) is 19.4 Å². The maximum Gasteiger partial charge on any atom is 0.305 e. The van der Waals surface area contributed by atoms with Crippen molar-refractivity contribution in [3.63, 3.8) is 0 Å². The Morgan fingerprint density at radius 2 is 1.86 bits per heavy atom. The number of hydrogen-bond acceptors (Lipinski definition) is 10. The molecular weight excluding hydrogens is 622 g/mol. The Labute approximate surface area is 290 Å². The van der Waals surface area contributed by atoms with E-state index < -0.39 is 5.79 Å². The SMILES string of the molecule is CCOC(=O)CC[C@H]1C[C@H](N(CC2CCC2)C[C@H]2C[C@@H](n3ccc4c(NCc5ccc(OC)cc5OC)ncnc43)[C@@H]3OC(C)(C)O[C@H]23)C1. The number of carbonyl (C=O) groups is 1. The summed E-state index contributed by atoms with van der Waals surface area (Å²) >= 11 is 0. The van der Waals surface area contributed by atoms with Crippen LogP contribution in [0.2, 0.25) is 0 Å². The minimum Gasteiger partial charge on any atom is -0.497 e. The highest BCUT2D eigenvalue weighted by Crippen LogP contribution is 2.49. The number of aromatic nitrogens is 3. The number of anilines is 1. The van der Waals surface area contributed by atoms with E-state index >= 15 is 0 Å². The molecule has 3 heterocycles. The Morgan fingerprint density at radius 3 is 2.59 bits per heavy atom. The Morgan fingerprint density at radius 1 is 1.04 bits per heavy atom. The van der Waals surface area contributed by atoms with Gasteiger partial charge in [0.25, 0.3) is 0 Å². The largest absolute Gasteiger partial charge is 0.497 e. The molecule has 3 aliphatic carbocycles. The fraction of sp³-hybridized carbons (Fsp3) is 0.658. The molecule has 3 saturated carbocycles. The van der Waals surface area contributed by atoms with E-state index in [1.807, 2.05) is 39.0 Å². The first-order valence-corrected chi connectivity index (χ1v) is 18.3. The van der Waals surface area contributed by atoms with Crippen molar-refractivity contribution >= 4 is 22.8 Å². The summed E-state index contributed by atoms with van der Waals surface area (Å²) < 4.78 is 31.8. The van der Waals surface area contributed by atoms with Crippen LogP contribution in [0, 0.1) is 17.8 Å². The van der Waals surface area contributed by atoms with E-state index in [1.54, 1.807) is 20.5 Å². The smallest absolute Gasteiger partial charge is 0.305 e. The van der Waals surface area contributed by atoms with Gasteiger partial charge in [-0.15, -0.1) is 0 Å². The molecule has 1 aromatic carbocycles. The van der Waals surface area contributed by atoms with Gasteiger partial charge in [-0.2, -0.15) is 0 Å². The van der Waals surface area contributed by atoms with Crippen molar-refractivity contribution in [2.75, 3.05) is 39.2 Å². The van der Waals surface area contributed by atoms with Crippen molar-refractivity contribution in [2.45, 2.75) is 109 Å². The summed E-state index contributed by atoms with van der Waals surface area (Å²) in [7, 11) is 3.32. The van der Waals surface area contributed by atoms with Crippen LogP contribution in [0.4, 0.5) is 5.82 Å². The number of carbonyl (C=O) groups excluding carboxylic acids is 1. The van der Waals surface area contributed by atoms with Gasteiger partial charge < -0.3 is 33.6 Å². The number of fused-ring (bicyclic) bond motifs is 2. The van der Waals surface area contributed by atoms with Gasteiger partial charge in [0, 0.05) is 55.8 Å². The summed E-state index contributed by atoms with van der Waals surface area (Å²) in [5, 5.41) is 4.50. The highest BCUT2D eigenvalue weighted by Gasteiger charge is 2.55. The molecule has 11 nitrogen and oxygen atoms in total. The van der Waals surface area contributed by atoms with E-state index in [1.165, 1.54) is 19.3 Å². The number of nitrogens with zero attached hydrogens (tertiary/aromatic N) is 4. The van der Waals surface area contributed by atoms with Gasteiger partial charge in [-0.1, -0.05) is 6.42 Å². The van der Waals surface area contributed by atoms with E-state index in [0.717, 1.165) is 78.6 Å². The van der Waals surface area contributed by atoms with Crippen molar-refractivity contribution in [2.24, 2.45) is 17.8 Å². The standard InChI is InChI=1S/C38H53N5O6/c1-6-47-33(44)13-10-25-16-28(17-25)42(21-24-8-7-9-24)22-27-18-31(35-34(27)48-38(2,3)49-35)43-15-14-30-36(40-23-41-37(30)43)39-20-26-11-12-29(45-4)19-32(26)46-5/h11-12,14-15,19,23-25,27-28,31,34-35H,6-10,13,16-18,20-22H2,1-5H3,(H,39,40,41)/t25-,27-,28-,31-,34-,35+/m1/s1. The second-order valence-corrected chi connectivity index (χ2v) is 14.9. The van der Waals surface area contributed by atoms with Crippen LogP contribution in [0.5, 0.6) is 11.5 Å². The summed E-state index contributed by atoms with van der Waals surface area (Å²) in [5.41, 5.74) is 1.91. The van der Waals surface area contributed by atoms with E-state index in [4.69, 9.17) is 28.7 Å². The fourth-order valence-electron chi connectivity index (χ4n) is 8.53. The van der Waals surface area contributed by atoms with E-state index in [0.29, 0.717) is 37.5 Å². The molecule has 1 aliphatic heterocycles. The number of rotatable bonds is 15. The molecule has 7 rings (SSSR count). The molecule has 3 aromatic rings. The Bertz CT molecular complexity index is 1600. The zero-order chi connectivity index (χ0) is 34.1. The highest BCUT2D eigenvalue weighted by atomic mass is 16.8. The van der Waals surface area contributed by atoms with Crippen LogP contribution in [0.1, 0.15) is 83.7 Å². The molecule has 4 fully saturated rings. The number of ether oxygens (including phenoxy) is 5. The fourth-order valence-corrected chi connectivity index (χ4v) is 8.53. The third-order valence-electron chi connectivity index (χ3n) is 11.3. The summed E-state index contributed by atoms with van der Waals surface area (Å²) in [6.07, 6.45) is 12.5. The third-order valence-corrected chi connectivity index (χ3v) is 11.3. The summed E-state index contributed by atoms with van der Waals surface area (Å²) in [6.45, 7) is 9.12. The van der Waals surface area contributed by atoms with Crippen LogP contribution >= 0.6 is 0 Å². The molecule has 4 aliphatic rings. The average molecular weight is 676 g/mol. The first-order valence-electron chi connectivity index (χ1n) is 18.3. The lowest BCUT2D eigenvalue weighted by Crippen LogP contribution is -2.50. The molecular formula is C38H53N5O6. The van der Waals surface area contributed by atoms with Crippen LogP contribution in [-0.2, 0) is 25.5 Å². The Kier molecular flexibility index (Phi) is 10.0. The summed E-state index contributed by atoms with van der Waals surface area (Å²) in [5.74, 6) is 3.33. The maximum atomic E-state index is 12.0. The first kappa shape index (κ1) is 34.1. The topological polar surface area (TPSA) is 109 Å². The lowest BCUT2D eigenvalue weighted by atomic mass is 9.75. The molecule has 1 N–H and O–H groups in total. The van der Waals surface area contributed by atoms with Gasteiger partial charge >= 0.3 is 5.97 Å². The molecule has 0 bridgehead atoms. The van der Waals surface area contributed by atoms with Gasteiger partial charge in [-0.05, 0) is 89.3 Å². The average Bonchev–Trinajstić information content (AvgIpc) is 3.71. The number of nitrogens with one attached hydrogen (secondary N) is 1. The quantitative estimate of drug-likeness (QED) is 0.183. The zero-order valence-electron chi connectivity index (χ0n) is 29.7. The van der Waals surface area contributed by atoms with Crippen molar-refractivity contribution < 1.29 is 28.5 Å². The maximum absolute atomic E-state index is 12.0. The lowest BCUT2D eigenvalue weighted by Gasteiger charge is -2.46. The highest BCUT2D eigenvalue weighted by molar-refractivity contribution is 5.87. The molecule has 0 unspecified atom stereocenters. The lowest BCUT2D eigenvalue weighted by molar-refractivity contribution is -0.161. The Balaban J connectivity index is 1.07. The minimum absolute atomic E-state index is 0.0167. The molecule has 0 radical (unpaired) electrons. The van der Waals surface area contributed by atoms with E-state index in [-0.39, 0.29) is 24.2 Å². The van der Waals surface area contributed by atoms with Gasteiger partial charge in [0.1, 0.15) is 35.4 Å². The van der Waals surface area contributed by atoms with Crippen LogP contribution < -0.4 is 14.8 Å². The molecule has 11 heteroatoms. The van der Waals surface area contributed by atoms with Crippen molar-refractivity contribution in [3.05, 3.63) is 42.4 Å². The normalized spacial score (nSPS) is 27.5. The number of benzene rings is 1. The molecule has 266 valence electrons. The number of esters is 1. The molecule has 2 aromatic heterocycles. The van der Waals surface area contributed by atoms with E-state index in [9.17, 15) is 4.79 Å². The van der Waals surface area contributed by atoms with Crippen molar-refractivity contribution in [3.8, 4) is 11.5 Å². The van der Waals surface area contributed by atoms with Crippen LogP contribution in [-0.4, -0.2) is 83.4 Å². The van der Waals surface area contributed by atoms with Crippen LogP contribution in [0.15, 0.2) is 36.8 Å². The zero-order valence-corrected chi connectivity index (χ0v) is 29.7. The Hall–Kier alpha value is -3.41. The van der Waals surface area contributed by atoms with Gasteiger partial charge in [0.05, 0.1) is 38.4 Å². The molecule has 1 saturated heterocycles. The van der Waals surface area contributed by atoms with Crippen LogP contribution in [0.25, 0.3) is 11.0 Å². The first-order chi connectivity index (χ1) is 23.7. The molecule has 49 heavy (non-hydrogen) atoms. The van der Waals surface area contributed by atoms with Gasteiger partial charge in [0.15, 0.2) is 5.79 Å². The van der Waals surface area contributed by atoms with E-state index in [2.05, 4.69) is 32.0 Å². The molecule has 0 amide bonds. The second kappa shape index (κ2) is 14.4. The van der Waals surface area contributed by atoms with Crippen LogP contribution in [0.3, 0.4) is 0 Å². The molecule has 0 spiro atoms. The van der Waals surface area contributed by atoms with Gasteiger partial charge in [-0.3, -0.25) is 9.69 Å². The minimum atomic E-state index is -0.637. The van der Waals surface area contributed by atoms with Gasteiger partial charge in [0.2, 0.25) is 0 Å². The summed E-state index contributed by atoms with van der Waals surface area (Å²) in [4.78, 5) is 24.1.